The molecule has 2 N–H and O–H groups in total. The SMILES string of the molecule is Oc1ccc(/C=C2\C3C[C@@H]4C[C@H](C3)CC2(c2ccc(O)cc2)C4)cc1. The lowest BCUT2D eigenvalue weighted by Crippen LogP contribution is -2.50. The number of aromatic hydroxyl groups is 2. The van der Waals surface area contributed by atoms with E-state index in [-0.39, 0.29) is 5.41 Å². The van der Waals surface area contributed by atoms with E-state index in [0.29, 0.717) is 17.4 Å². The van der Waals surface area contributed by atoms with E-state index in [4.69, 9.17) is 0 Å². The van der Waals surface area contributed by atoms with Crippen molar-refractivity contribution in [3.63, 3.8) is 0 Å². The topological polar surface area (TPSA) is 40.5 Å². The van der Waals surface area contributed by atoms with E-state index in [1.165, 1.54) is 43.2 Å². The van der Waals surface area contributed by atoms with Crippen LogP contribution in [0, 0.1) is 17.8 Å². The van der Waals surface area contributed by atoms with Crippen molar-refractivity contribution in [1.29, 1.82) is 0 Å². The second-order valence-corrected chi connectivity index (χ2v) is 8.36. The van der Waals surface area contributed by atoms with Crippen LogP contribution in [0.15, 0.2) is 54.1 Å². The molecule has 2 aromatic rings. The number of rotatable bonds is 2. The molecular formula is C23H24O2. The van der Waals surface area contributed by atoms with Gasteiger partial charge in [0.15, 0.2) is 0 Å². The highest BCUT2D eigenvalue weighted by Crippen LogP contribution is 2.63. The van der Waals surface area contributed by atoms with Gasteiger partial charge in [-0.1, -0.05) is 35.9 Å². The Labute approximate surface area is 148 Å². The van der Waals surface area contributed by atoms with Crippen molar-refractivity contribution < 1.29 is 10.2 Å². The van der Waals surface area contributed by atoms with Gasteiger partial charge in [-0.2, -0.15) is 0 Å². The lowest BCUT2D eigenvalue weighted by atomic mass is 9.45. The summed E-state index contributed by atoms with van der Waals surface area (Å²) in [6.07, 6.45) is 8.95. The fraction of sp³-hybridized carbons (Fsp3) is 0.391. The van der Waals surface area contributed by atoms with Crippen LogP contribution in [0.5, 0.6) is 11.5 Å². The molecule has 0 saturated heterocycles. The standard InChI is InChI=1S/C23H24O2/c24-20-5-1-15(2-6-20)12-22-18-10-16-9-17(11-18)14-23(22,13-16)19-3-7-21(25)8-4-19/h1-8,12,16-18,24-25H,9-11,13-14H2/b22-12+/t16-,17+,18?,23?. The summed E-state index contributed by atoms with van der Waals surface area (Å²) in [4.78, 5) is 0. The molecule has 2 nitrogen and oxygen atoms in total. The van der Waals surface area contributed by atoms with Gasteiger partial charge < -0.3 is 10.2 Å². The van der Waals surface area contributed by atoms with Crippen molar-refractivity contribution in [3.8, 4) is 11.5 Å². The van der Waals surface area contributed by atoms with Crippen LogP contribution in [-0.4, -0.2) is 10.2 Å². The first-order chi connectivity index (χ1) is 12.1. The van der Waals surface area contributed by atoms with Crippen molar-refractivity contribution in [3.05, 3.63) is 65.2 Å². The molecule has 4 bridgehead atoms. The first kappa shape index (κ1) is 15.1. The van der Waals surface area contributed by atoms with Gasteiger partial charge in [0.25, 0.3) is 0 Å². The van der Waals surface area contributed by atoms with Gasteiger partial charge in [0.2, 0.25) is 0 Å². The summed E-state index contributed by atoms with van der Waals surface area (Å²) in [5, 5.41) is 19.3. The van der Waals surface area contributed by atoms with E-state index in [1.54, 1.807) is 17.7 Å². The average Bonchev–Trinajstić information content (AvgIpc) is 2.60. The average molecular weight is 332 g/mol. The first-order valence-electron chi connectivity index (χ1n) is 9.43. The smallest absolute Gasteiger partial charge is 0.115 e. The number of phenols is 2. The summed E-state index contributed by atoms with van der Waals surface area (Å²) in [6.45, 7) is 0. The van der Waals surface area contributed by atoms with E-state index in [9.17, 15) is 10.2 Å². The van der Waals surface area contributed by atoms with Crippen LogP contribution in [0.4, 0.5) is 0 Å². The van der Waals surface area contributed by atoms with Crippen molar-refractivity contribution in [1.82, 2.24) is 0 Å². The second-order valence-electron chi connectivity index (χ2n) is 8.36. The van der Waals surface area contributed by atoms with Gasteiger partial charge in [0.05, 0.1) is 0 Å². The number of phenolic OH excluding ortho intramolecular Hbond substituents is 2. The summed E-state index contributed by atoms with van der Waals surface area (Å²) < 4.78 is 0. The van der Waals surface area contributed by atoms with Gasteiger partial charge in [-0.05, 0) is 85.3 Å². The molecule has 128 valence electrons. The molecule has 0 heterocycles. The fourth-order valence-corrected chi connectivity index (χ4v) is 6.04. The van der Waals surface area contributed by atoms with Crippen molar-refractivity contribution in [2.24, 2.45) is 17.8 Å². The maximum absolute atomic E-state index is 9.73. The monoisotopic (exact) mass is 332 g/mol. The van der Waals surface area contributed by atoms with Crippen LogP contribution in [-0.2, 0) is 5.41 Å². The Morgan fingerprint density at radius 3 is 1.92 bits per heavy atom. The van der Waals surface area contributed by atoms with Gasteiger partial charge in [-0.25, -0.2) is 0 Å². The molecule has 2 unspecified atom stereocenters. The maximum atomic E-state index is 9.73. The molecule has 4 aliphatic carbocycles. The zero-order chi connectivity index (χ0) is 17.0. The quantitative estimate of drug-likeness (QED) is 0.787. The Hall–Kier alpha value is -2.22. The van der Waals surface area contributed by atoms with Crippen LogP contribution in [0.25, 0.3) is 6.08 Å². The van der Waals surface area contributed by atoms with Crippen LogP contribution in [0.3, 0.4) is 0 Å². The van der Waals surface area contributed by atoms with Crippen LogP contribution in [0.1, 0.15) is 43.2 Å². The minimum Gasteiger partial charge on any atom is -0.508 e. The highest BCUT2D eigenvalue weighted by Gasteiger charge is 2.54. The number of benzene rings is 2. The van der Waals surface area contributed by atoms with Crippen molar-refractivity contribution in [2.45, 2.75) is 37.5 Å². The van der Waals surface area contributed by atoms with Crippen LogP contribution >= 0.6 is 0 Å². The normalized spacial score (nSPS) is 34.6. The molecule has 4 aliphatic rings. The third kappa shape index (κ3) is 2.38. The van der Waals surface area contributed by atoms with Gasteiger partial charge >= 0.3 is 0 Å². The molecule has 2 aromatic carbocycles. The molecule has 0 radical (unpaired) electrons. The van der Waals surface area contributed by atoms with Crippen LogP contribution in [0.2, 0.25) is 0 Å². The Bertz CT molecular complexity index is 802. The molecule has 6 rings (SSSR count). The molecule has 4 fully saturated rings. The number of hydrogen-bond acceptors (Lipinski definition) is 2. The van der Waals surface area contributed by atoms with Gasteiger partial charge in [0.1, 0.15) is 11.5 Å². The zero-order valence-corrected chi connectivity index (χ0v) is 14.4. The summed E-state index contributed by atoms with van der Waals surface area (Å²) in [7, 11) is 0. The molecule has 0 amide bonds. The van der Waals surface area contributed by atoms with Gasteiger partial charge in [0, 0.05) is 5.41 Å². The summed E-state index contributed by atoms with van der Waals surface area (Å²) in [5.41, 5.74) is 4.27. The molecule has 2 heteroatoms. The predicted molar refractivity (Wildman–Crippen MR) is 99.4 cm³/mol. The van der Waals surface area contributed by atoms with E-state index in [0.717, 1.165) is 11.8 Å². The Morgan fingerprint density at radius 2 is 1.32 bits per heavy atom. The minimum absolute atomic E-state index is 0.139. The molecule has 0 spiro atoms. The largest absolute Gasteiger partial charge is 0.508 e. The Kier molecular flexibility index (Phi) is 3.25. The van der Waals surface area contributed by atoms with Crippen LogP contribution < -0.4 is 0 Å². The third-order valence-electron chi connectivity index (χ3n) is 6.80. The minimum atomic E-state index is 0.139. The van der Waals surface area contributed by atoms with Crippen molar-refractivity contribution in [2.75, 3.05) is 0 Å². The highest BCUT2D eigenvalue weighted by atomic mass is 16.3. The van der Waals surface area contributed by atoms with E-state index >= 15 is 0 Å². The highest BCUT2D eigenvalue weighted by molar-refractivity contribution is 5.61. The maximum Gasteiger partial charge on any atom is 0.115 e. The third-order valence-corrected chi connectivity index (χ3v) is 6.80. The van der Waals surface area contributed by atoms with E-state index in [1.807, 2.05) is 24.3 Å². The van der Waals surface area contributed by atoms with E-state index < -0.39 is 0 Å². The molecule has 0 aliphatic heterocycles. The first-order valence-corrected chi connectivity index (χ1v) is 9.43. The lowest BCUT2D eigenvalue weighted by Gasteiger charge is -2.59. The van der Waals surface area contributed by atoms with E-state index in [2.05, 4.69) is 18.2 Å². The summed E-state index contributed by atoms with van der Waals surface area (Å²) in [6, 6.07) is 15.5. The molecule has 25 heavy (non-hydrogen) atoms. The van der Waals surface area contributed by atoms with Gasteiger partial charge in [-0.3, -0.25) is 0 Å². The number of allylic oxidation sites excluding steroid dienone is 1. The molecule has 4 saturated carbocycles. The fourth-order valence-electron chi connectivity index (χ4n) is 6.04. The second kappa shape index (κ2) is 5.39. The predicted octanol–water partition coefficient (Wildman–Crippen LogP) is 5.26. The Balaban J connectivity index is 1.64. The molecule has 0 aromatic heterocycles. The molecular weight excluding hydrogens is 308 g/mol. The summed E-state index contributed by atoms with van der Waals surface area (Å²) in [5.74, 6) is 3.05. The molecule has 4 atom stereocenters. The number of hydrogen-bond donors (Lipinski definition) is 2. The van der Waals surface area contributed by atoms with Crippen molar-refractivity contribution >= 4 is 6.08 Å². The summed E-state index contributed by atoms with van der Waals surface area (Å²) >= 11 is 0. The van der Waals surface area contributed by atoms with Gasteiger partial charge in [-0.15, -0.1) is 0 Å². The zero-order valence-electron chi connectivity index (χ0n) is 14.4. The lowest BCUT2D eigenvalue weighted by molar-refractivity contribution is 0.0480. The Morgan fingerprint density at radius 1 is 0.760 bits per heavy atom.